The topological polar surface area (TPSA) is 65.5 Å². The maximum atomic E-state index is 12.6. The Kier molecular flexibility index (Phi) is 3.32. The summed E-state index contributed by atoms with van der Waals surface area (Å²) in [5.74, 6) is -0.572. The van der Waals surface area contributed by atoms with Gasteiger partial charge in [-0.05, 0) is 19.9 Å². The van der Waals surface area contributed by atoms with Crippen LogP contribution in [0.15, 0.2) is 10.5 Å². The Balaban J connectivity index is 3.15. The second-order valence-electron chi connectivity index (χ2n) is 3.66. The summed E-state index contributed by atoms with van der Waals surface area (Å²) in [4.78, 5) is 11.2. The Bertz CT molecular complexity index is 399. The minimum Gasteiger partial charge on any atom is -0.465 e. The van der Waals surface area contributed by atoms with Crippen LogP contribution in [0.5, 0.6) is 0 Å². The quantitative estimate of drug-likeness (QED) is 0.808. The molecule has 1 unspecified atom stereocenters. The van der Waals surface area contributed by atoms with Gasteiger partial charge in [-0.15, -0.1) is 0 Å². The van der Waals surface area contributed by atoms with E-state index >= 15 is 0 Å². The summed E-state index contributed by atoms with van der Waals surface area (Å²) in [5, 5.41) is 0. The Morgan fingerprint density at radius 2 is 2.19 bits per heavy atom. The highest BCUT2D eigenvalue weighted by Gasteiger charge is 2.37. The fraction of sp³-hybridized carbons (Fsp3) is 0.500. The first kappa shape index (κ1) is 12.6. The number of furan rings is 1. The van der Waals surface area contributed by atoms with Gasteiger partial charge in [0, 0.05) is 0 Å². The lowest BCUT2D eigenvalue weighted by atomic mass is 10.0. The third kappa shape index (κ3) is 2.06. The van der Waals surface area contributed by atoms with Gasteiger partial charge in [0.1, 0.15) is 22.6 Å². The molecule has 1 aromatic rings. The van der Waals surface area contributed by atoms with Gasteiger partial charge in [0.25, 0.3) is 6.43 Å². The van der Waals surface area contributed by atoms with Crippen LogP contribution in [-0.2, 0) is 10.3 Å². The monoisotopic (exact) mass is 233 g/mol. The van der Waals surface area contributed by atoms with E-state index < -0.39 is 17.9 Å². The zero-order chi connectivity index (χ0) is 12.5. The first-order valence-electron chi connectivity index (χ1n) is 4.57. The van der Waals surface area contributed by atoms with Gasteiger partial charge < -0.3 is 14.9 Å². The Morgan fingerprint density at radius 3 is 2.62 bits per heavy atom. The molecule has 2 N–H and O–H groups in total. The van der Waals surface area contributed by atoms with Crippen LogP contribution in [-0.4, -0.2) is 19.5 Å². The molecule has 0 fully saturated rings. The van der Waals surface area contributed by atoms with Gasteiger partial charge in [-0.3, -0.25) is 0 Å². The highest BCUT2D eigenvalue weighted by Crippen LogP contribution is 2.29. The highest BCUT2D eigenvalue weighted by atomic mass is 19.3. The first-order valence-corrected chi connectivity index (χ1v) is 4.57. The van der Waals surface area contributed by atoms with Gasteiger partial charge >= 0.3 is 5.97 Å². The van der Waals surface area contributed by atoms with Crippen LogP contribution in [0, 0.1) is 6.92 Å². The standard InChI is InChI=1S/C10H13F2NO3/c1-5-6(8(14)15-3)4-7(16-5)10(2,13)9(11)12/h4,9H,13H2,1-3H3. The number of alkyl halides is 2. The van der Waals surface area contributed by atoms with Crippen molar-refractivity contribution >= 4 is 5.97 Å². The van der Waals surface area contributed by atoms with Crippen LogP contribution < -0.4 is 5.73 Å². The molecular weight excluding hydrogens is 220 g/mol. The van der Waals surface area contributed by atoms with Crippen LogP contribution in [0.4, 0.5) is 8.78 Å². The number of hydrogen-bond donors (Lipinski definition) is 1. The van der Waals surface area contributed by atoms with Crippen molar-refractivity contribution in [1.82, 2.24) is 0 Å². The van der Waals surface area contributed by atoms with Crippen molar-refractivity contribution in [2.45, 2.75) is 25.8 Å². The predicted octanol–water partition coefficient (Wildman–Crippen LogP) is 1.81. The summed E-state index contributed by atoms with van der Waals surface area (Å²) in [5.41, 5.74) is 3.60. The number of esters is 1. The summed E-state index contributed by atoms with van der Waals surface area (Å²) < 4.78 is 34.8. The minimum atomic E-state index is -2.79. The number of nitrogens with two attached hydrogens (primary N) is 1. The second-order valence-corrected chi connectivity index (χ2v) is 3.66. The molecule has 0 saturated carbocycles. The molecule has 0 radical (unpaired) electrons. The fourth-order valence-corrected chi connectivity index (χ4v) is 1.17. The number of carbonyl (C=O) groups excluding carboxylic acids is 1. The van der Waals surface area contributed by atoms with Crippen LogP contribution in [0.1, 0.15) is 28.8 Å². The molecule has 1 atom stereocenters. The van der Waals surface area contributed by atoms with E-state index in [2.05, 4.69) is 4.74 Å². The van der Waals surface area contributed by atoms with Crippen LogP contribution in [0.3, 0.4) is 0 Å². The third-order valence-electron chi connectivity index (χ3n) is 2.31. The number of ether oxygens (including phenoxy) is 1. The lowest BCUT2D eigenvalue weighted by Gasteiger charge is -2.20. The van der Waals surface area contributed by atoms with Crippen LogP contribution in [0.25, 0.3) is 0 Å². The van der Waals surface area contributed by atoms with Gasteiger partial charge in [-0.25, -0.2) is 13.6 Å². The van der Waals surface area contributed by atoms with E-state index in [-0.39, 0.29) is 17.1 Å². The molecule has 0 aliphatic carbocycles. The highest BCUT2D eigenvalue weighted by molar-refractivity contribution is 5.90. The lowest BCUT2D eigenvalue weighted by molar-refractivity contribution is 0.0496. The molecule has 0 saturated heterocycles. The zero-order valence-corrected chi connectivity index (χ0v) is 9.21. The molecule has 0 aliphatic rings. The van der Waals surface area contributed by atoms with Crippen molar-refractivity contribution in [1.29, 1.82) is 0 Å². The van der Waals surface area contributed by atoms with E-state index in [0.29, 0.717) is 0 Å². The third-order valence-corrected chi connectivity index (χ3v) is 2.31. The number of carbonyl (C=O) groups is 1. The van der Waals surface area contributed by atoms with Crippen molar-refractivity contribution in [2.24, 2.45) is 5.73 Å². The minimum absolute atomic E-state index is 0.106. The maximum Gasteiger partial charge on any atom is 0.341 e. The summed E-state index contributed by atoms with van der Waals surface area (Å²) in [6.45, 7) is 2.62. The number of aryl methyl sites for hydroxylation is 1. The Hall–Kier alpha value is -1.43. The van der Waals surface area contributed by atoms with Gasteiger partial charge in [0.2, 0.25) is 0 Å². The molecule has 0 spiro atoms. The molecule has 4 nitrogen and oxygen atoms in total. The fourth-order valence-electron chi connectivity index (χ4n) is 1.17. The van der Waals surface area contributed by atoms with Gasteiger partial charge in [0.05, 0.1) is 7.11 Å². The van der Waals surface area contributed by atoms with E-state index in [1.807, 2.05) is 0 Å². The average molecular weight is 233 g/mol. The van der Waals surface area contributed by atoms with Crippen molar-refractivity contribution in [2.75, 3.05) is 7.11 Å². The molecular formula is C10H13F2NO3. The van der Waals surface area contributed by atoms with Gasteiger partial charge in [-0.2, -0.15) is 0 Å². The molecule has 0 aromatic carbocycles. The number of halogens is 2. The van der Waals surface area contributed by atoms with Crippen molar-refractivity contribution in [3.05, 3.63) is 23.2 Å². The number of methoxy groups -OCH3 is 1. The van der Waals surface area contributed by atoms with Crippen LogP contribution in [0.2, 0.25) is 0 Å². The molecule has 0 aliphatic heterocycles. The largest absolute Gasteiger partial charge is 0.465 e. The number of rotatable bonds is 3. The lowest BCUT2D eigenvalue weighted by Crippen LogP contribution is -2.40. The Morgan fingerprint density at radius 1 is 1.62 bits per heavy atom. The molecule has 0 amide bonds. The predicted molar refractivity (Wildman–Crippen MR) is 52.3 cm³/mol. The maximum absolute atomic E-state index is 12.6. The van der Waals surface area contributed by atoms with Gasteiger partial charge in [-0.1, -0.05) is 0 Å². The molecule has 6 heteroatoms. The van der Waals surface area contributed by atoms with E-state index in [1.165, 1.54) is 20.1 Å². The SMILES string of the molecule is COC(=O)c1cc(C(C)(N)C(F)F)oc1C. The Labute approximate surface area is 91.4 Å². The summed E-state index contributed by atoms with van der Waals surface area (Å²) in [7, 11) is 1.20. The van der Waals surface area contributed by atoms with E-state index in [4.69, 9.17) is 10.2 Å². The summed E-state index contributed by atoms with van der Waals surface area (Å²) in [6.07, 6.45) is -2.79. The van der Waals surface area contributed by atoms with Crippen LogP contribution >= 0.6 is 0 Å². The van der Waals surface area contributed by atoms with E-state index in [0.717, 1.165) is 6.92 Å². The zero-order valence-electron chi connectivity index (χ0n) is 9.21. The van der Waals surface area contributed by atoms with Crippen molar-refractivity contribution in [3.63, 3.8) is 0 Å². The van der Waals surface area contributed by atoms with E-state index in [1.54, 1.807) is 0 Å². The smallest absolute Gasteiger partial charge is 0.341 e. The first-order chi connectivity index (χ1) is 7.30. The molecule has 1 heterocycles. The normalized spacial score (nSPS) is 14.9. The average Bonchev–Trinajstić information content (AvgIpc) is 2.59. The molecule has 16 heavy (non-hydrogen) atoms. The van der Waals surface area contributed by atoms with Crippen molar-refractivity contribution in [3.8, 4) is 0 Å². The second kappa shape index (κ2) is 4.21. The molecule has 1 aromatic heterocycles. The van der Waals surface area contributed by atoms with E-state index in [9.17, 15) is 13.6 Å². The number of hydrogen-bond acceptors (Lipinski definition) is 4. The van der Waals surface area contributed by atoms with Crippen molar-refractivity contribution < 1.29 is 22.7 Å². The molecule has 1 rings (SSSR count). The summed E-state index contributed by atoms with van der Waals surface area (Å²) >= 11 is 0. The molecule has 90 valence electrons. The summed E-state index contributed by atoms with van der Waals surface area (Å²) in [6, 6.07) is 1.19. The molecule has 0 bridgehead atoms. The van der Waals surface area contributed by atoms with Gasteiger partial charge in [0.15, 0.2) is 0 Å².